The molecule has 1 N–H and O–H groups in total. The highest BCUT2D eigenvalue weighted by Crippen LogP contribution is 2.19. The number of anilines is 1. The molecule has 1 amide bonds. The van der Waals surface area contributed by atoms with E-state index in [9.17, 15) is 4.79 Å². The normalized spacial score (nSPS) is 10.8. The molecule has 2 aromatic carbocycles. The molecule has 0 fully saturated rings. The Kier molecular flexibility index (Phi) is 6.87. The summed E-state index contributed by atoms with van der Waals surface area (Å²) in [5.41, 5.74) is 1.30. The van der Waals surface area contributed by atoms with Crippen LogP contribution < -0.4 is 14.8 Å². The number of ether oxygens (including phenoxy) is 2. The quantitative estimate of drug-likeness (QED) is 0.722. The minimum atomic E-state index is -0.164. The van der Waals surface area contributed by atoms with Crippen molar-refractivity contribution < 1.29 is 14.3 Å². The van der Waals surface area contributed by atoms with Crippen molar-refractivity contribution in [1.82, 2.24) is 0 Å². The SMILES string of the molecule is CC(C)CCOc1ccc(NC(=O)c2cccc(OC(C)C)c2)cc1. The Morgan fingerprint density at radius 3 is 2.36 bits per heavy atom. The molecule has 2 rings (SSSR count). The topological polar surface area (TPSA) is 47.6 Å². The largest absolute Gasteiger partial charge is 0.494 e. The summed E-state index contributed by atoms with van der Waals surface area (Å²) in [6, 6.07) is 14.6. The van der Waals surface area contributed by atoms with Crippen LogP contribution in [0.3, 0.4) is 0 Å². The summed E-state index contributed by atoms with van der Waals surface area (Å²) in [5, 5.41) is 2.89. The molecular formula is C21H27NO3. The zero-order valence-electron chi connectivity index (χ0n) is 15.4. The molecular weight excluding hydrogens is 314 g/mol. The van der Waals surface area contributed by atoms with Crippen molar-refractivity contribution in [2.75, 3.05) is 11.9 Å². The van der Waals surface area contributed by atoms with Gasteiger partial charge in [0, 0.05) is 11.3 Å². The second-order valence-corrected chi connectivity index (χ2v) is 6.70. The summed E-state index contributed by atoms with van der Waals surface area (Å²) in [6.45, 7) is 8.95. The molecule has 0 heterocycles. The minimum Gasteiger partial charge on any atom is -0.494 e. The summed E-state index contributed by atoms with van der Waals surface area (Å²) < 4.78 is 11.3. The smallest absolute Gasteiger partial charge is 0.255 e. The lowest BCUT2D eigenvalue weighted by molar-refractivity contribution is 0.102. The van der Waals surface area contributed by atoms with Gasteiger partial charge in [-0.15, -0.1) is 0 Å². The third kappa shape index (κ3) is 6.49. The lowest BCUT2D eigenvalue weighted by Gasteiger charge is -2.11. The van der Waals surface area contributed by atoms with Gasteiger partial charge in [0.05, 0.1) is 12.7 Å². The highest BCUT2D eigenvalue weighted by atomic mass is 16.5. The summed E-state index contributed by atoms with van der Waals surface area (Å²) in [5.74, 6) is 1.96. The Hall–Kier alpha value is -2.49. The Morgan fingerprint density at radius 1 is 1.00 bits per heavy atom. The van der Waals surface area contributed by atoms with Gasteiger partial charge in [0.1, 0.15) is 11.5 Å². The first-order chi connectivity index (χ1) is 11.9. The van der Waals surface area contributed by atoms with Gasteiger partial charge in [0.15, 0.2) is 0 Å². The van der Waals surface area contributed by atoms with Gasteiger partial charge in [0.2, 0.25) is 0 Å². The molecule has 0 aliphatic rings. The average Bonchev–Trinajstić information content (AvgIpc) is 2.56. The van der Waals surface area contributed by atoms with E-state index in [1.165, 1.54) is 0 Å². The van der Waals surface area contributed by atoms with Crippen molar-refractivity contribution in [3.63, 3.8) is 0 Å². The molecule has 0 radical (unpaired) electrons. The number of carbonyl (C=O) groups excluding carboxylic acids is 1. The molecule has 2 aromatic rings. The second kappa shape index (κ2) is 9.11. The van der Waals surface area contributed by atoms with Crippen molar-refractivity contribution >= 4 is 11.6 Å². The molecule has 0 spiro atoms. The van der Waals surface area contributed by atoms with Crippen molar-refractivity contribution in [3.05, 3.63) is 54.1 Å². The lowest BCUT2D eigenvalue weighted by Crippen LogP contribution is -2.12. The van der Waals surface area contributed by atoms with E-state index in [4.69, 9.17) is 9.47 Å². The standard InChI is InChI=1S/C21H27NO3/c1-15(2)12-13-24-19-10-8-18(9-11-19)22-21(23)17-6-5-7-20(14-17)25-16(3)4/h5-11,14-16H,12-13H2,1-4H3,(H,22,23). The van der Waals surface area contributed by atoms with E-state index in [1.807, 2.05) is 50.2 Å². The van der Waals surface area contributed by atoms with E-state index in [0.29, 0.717) is 23.8 Å². The summed E-state index contributed by atoms with van der Waals surface area (Å²) in [4.78, 5) is 12.4. The van der Waals surface area contributed by atoms with Crippen molar-refractivity contribution in [2.24, 2.45) is 5.92 Å². The van der Waals surface area contributed by atoms with Crippen LogP contribution in [0.4, 0.5) is 5.69 Å². The summed E-state index contributed by atoms with van der Waals surface area (Å²) in [6.07, 6.45) is 1.09. The number of carbonyl (C=O) groups is 1. The molecule has 0 bridgehead atoms. The van der Waals surface area contributed by atoms with E-state index in [2.05, 4.69) is 19.2 Å². The first-order valence-electron chi connectivity index (χ1n) is 8.75. The average molecular weight is 341 g/mol. The summed E-state index contributed by atoms with van der Waals surface area (Å²) >= 11 is 0. The highest BCUT2D eigenvalue weighted by Gasteiger charge is 2.08. The molecule has 0 aromatic heterocycles. The van der Waals surface area contributed by atoms with Crippen LogP contribution in [0.5, 0.6) is 11.5 Å². The van der Waals surface area contributed by atoms with Gasteiger partial charge in [-0.2, -0.15) is 0 Å². The van der Waals surface area contributed by atoms with Gasteiger partial charge in [0.25, 0.3) is 5.91 Å². The Morgan fingerprint density at radius 2 is 1.72 bits per heavy atom. The molecule has 4 heteroatoms. The monoisotopic (exact) mass is 341 g/mol. The molecule has 0 unspecified atom stereocenters. The Balaban J connectivity index is 1.94. The van der Waals surface area contributed by atoms with Crippen molar-refractivity contribution in [1.29, 1.82) is 0 Å². The predicted molar refractivity (Wildman–Crippen MR) is 102 cm³/mol. The minimum absolute atomic E-state index is 0.0709. The van der Waals surface area contributed by atoms with Crippen LogP contribution in [0.2, 0.25) is 0 Å². The number of rotatable bonds is 8. The molecule has 0 aliphatic carbocycles. The number of amides is 1. The van der Waals surface area contributed by atoms with Gasteiger partial charge in [-0.1, -0.05) is 19.9 Å². The molecule has 0 saturated heterocycles. The number of benzene rings is 2. The van der Waals surface area contributed by atoms with E-state index in [1.54, 1.807) is 12.1 Å². The fourth-order valence-corrected chi connectivity index (χ4v) is 2.23. The Labute approximate surface area is 150 Å². The molecule has 0 aliphatic heterocycles. The van der Waals surface area contributed by atoms with Gasteiger partial charge in [-0.3, -0.25) is 4.79 Å². The second-order valence-electron chi connectivity index (χ2n) is 6.70. The maximum atomic E-state index is 12.4. The zero-order valence-corrected chi connectivity index (χ0v) is 15.4. The van der Waals surface area contributed by atoms with Crippen LogP contribution in [0.25, 0.3) is 0 Å². The lowest BCUT2D eigenvalue weighted by atomic mass is 10.1. The van der Waals surface area contributed by atoms with Crippen LogP contribution >= 0.6 is 0 Å². The van der Waals surface area contributed by atoms with Crippen LogP contribution in [-0.2, 0) is 0 Å². The molecule has 25 heavy (non-hydrogen) atoms. The van der Waals surface area contributed by atoms with E-state index in [-0.39, 0.29) is 12.0 Å². The molecule has 0 atom stereocenters. The predicted octanol–water partition coefficient (Wildman–Crippen LogP) is 5.15. The van der Waals surface area contributed by atoms with Gasteiger partial charge < -0.3 is 14.8 Å². The van der Waals surface area contributed by atoms with Gasteiger partial charge >= 0.3 is 0 Å². The first kappa shape index (κ1) is 18.8. The van der Waals surface area contributed by atoms with E-state index >= 15 is 0 Å². The van der Waals surface area contributed by atoms with E-state index < -0.39 is 0 Å². The van der Waals surface area contributed by atoms with Crippen molar-refractivity contribution in [2.45, 2.75) is 40.2 Å². The van der Waals surface area contributed by atoms with Crippen LogP contribution in [0.15, 0.2) is 48.5 Å². The van der Waals surface area contributed by atoms with Gasteiger partial charge in [-0.25, -0.2) is 0 Å². The number of nitrogens with one attached hydrogen (secondary N) is 1. The summed E-state index contributed by atoms with van der Waals surface area (Å²) in [7, 11) is 0. The fourth-order valence-electron chi connectivity index (χ4n) is 2.23. The van der Waals surface area contributed by atoms with E-state index in [0.717, 1.165) is 17.9 Å². The zero-order chi connectivity index (χ0) is 18.2. The maximum Gasteiger partial charge on any atom is 0.255 e. The van der Waals surface area contributed by atoms with Crippen molar-refractivity contribution in [3.8, 4) is 11.5 Å². The third-order valence-electron chi connectivity index (χ3n) is 3.54. The van der Waals surface area contributed by atoms with Gasteiger partial charge in [-0.05, 0) is 68.7 Å². The number of hydrogen-bond acceptors (Lipinski definition) is 3. The molecule has 134 valence electrons. The number of hydrogen-bond donors (Lipinski definition) is 1. The highest BCUT2D eigenvalue weighted by molar-refractivity contribution is 6.04. The molecule has 0 saturated carbocycles. The van der Waals surface area contributed by atoms with Crippen LogP contribution in [0, 0.1) is 5.92 Å². The first-order valence-corrected chi connectivity index (χ1v) is 8.75. The molecule has 4 nitrogen and oxygen atoms in total. The Bertz CT molecular complexity index is 678. The maximum absolute atomic E-state index is 12.4. The van der Waals surface area contributed by atoms with Crippen LogP contribution in [-0.4, -0.2) is 18.6 Å². The van der Waals surface area contributed by atoms with Crippen LogP contribution in [0.1, 0.15) is 44.5 Å². The third-order valence-corrected chi connectivity index (χ3v) is 3.54. The fraction of sp³-hybridized carbons (Fsp3) is 0.381.